The van der Waals surface area contributed by atoms with E-state index in [9.17, 15) is 9.59 Å². The molecule has 1 unspecified atom stereocenters. The van der Waals surface area contributed by atoms with Crippen LogP contribution in [0.15, 0.2) is 49.1 Å². The molecule has 1 fully saturated rings. The zero-order chi connectivity index (χ0) is 20.5. The van der Waals surface area contributed by atoms with Crippen molar-refractivity contribution in [3.63, 3.8) is 0 Å². The second-order valence-corrected chi connectivity index (χ2v) is 7.03. The Balaban J connectivity index is 1.56. The Morgan fingerprint density at radius 2 is 1.69 bits per heavy atom. The van der Waals surface area contributed by atoms with Crippen molar-refractivity contribution < 1.29 is 9.59 Å². The number of pyridine rings is 2. The van der Waals surface area contributed by atoms with Crippen LogP contribution in [-0.4, -0.2) is 70.9 Å². The van der Waals surface area contributed by atoms with E-state index in [2.05, 4.69) is 37.3 Å². The van der Waals surface area contributed by atoms with Gasteiger partial charge in [-0.15, -0.1) is 0 Å². The van der Waals surface area contributed by atoms with Crippen LogP contribution < -0.4 is 10.6 Å². The van der Waals surface area contributed by atoms with E-state index in [-0.39, 0.29) is 12.6 Å². The third-order valence-electron chi connectivity index (χ3n) is 5.20. The van der Waals surface area contributed by atoms with Crippen molar-refractivity contribution >= 4 is 11.8 Å². The zero-order valence-electron chi connectivity index (χ0n) is 16.8. The summed E-state index contributed by atoms with van der Waals surface area (Å²) in [6.07, 6.45) is 6.88. The van der Waals surface area contributed by atoms with Crippen molar-refractivity contribution in [2.45, 2.75) is 19.5 Å². The predicted octanol–water partition coefficient (Wildman–Crippen LogP) is 0.588. The van der Waals surface area contributed by atoms with E-state index in [0.29, 0.717) is 6.54 Å². The summed E-state index contributed by atoms with van der Waals surface area (Å²) in [6, 6.07) is 7.53. The fourth-order valence-electron chi connectivity index (χ4n) is 3.46. The van der Waals surface area contributed by atoms with Crippen LogP contribution in [0.3, 0.4) is 0 Å². The van der Waals surface area contributed by atoms with Gasteiger partial charge >= 0.3 is 11.8 Å². The minimum absolute atomic E-state index is 0.0159. The maximum atomic E-state index is 12.3. The van der Waals surface area contributed by atoms with Crippen LogP contribution in [-0.2, 0) is 16.1 Å². The Morgan fingerprint density at radius 1 is 1.00 bits per heavy atom. The van der Waals surface area contributed by atoms with Gasteiger partial charge in [0, 0.05) is 64.1 Å². The quantitative estimate of drug-likeness (QED) is 0.666. The van der Waals surface area contributed by atoms with Crippen molar-refractivity contribution in [2.24, 2.45) is 0 Å². The SMILES string of the molecule is CCN1CCN(C(CNC(=O)C(=O)NCc2cccnc2)c2cccnc2)CC1. The van der Waals surface area contributed by atoms with Crippen LogP contribution in [0.2, 0.25) is 0 Å². The first-order valence-corrected chi connectivity index (χ1v) is 9.98. The number of aromatic nitrogens is 2. The first-order valence-electron chi connectivity index (χ1n) is 9.98. The Hall–Kier alpha value is -2.84. The standard InChI is InChI=1S/C21H28N6O2/c1-2-26-9-11-27(12-10-26)19(18-6-4-8-23-15-18)16-25-21(29)20(28)24-14-17-5-3-7-22-13-17/h3-8,13,15,19H,2,9-12,14,16H2,1H3,(H,24,28)(H,25,29). The highest BCUT2D eigenvalue weighted by molar-refractivity contribution is 6.35. The number of amides is 2. The number of nitrogens with one attached hydrogen (secondary N) is 2. The number of likely N-dealkylation sites (N-methyl/N-ethyl adjacent to an activating group) is 1. The number of carbonyl (C=O) groups excluding carboxylic acids is 2. The van der Waals surface area contributed by atoms with Gasteiger partial charge in [0.15, 0.2) is 0 Å². The Bertz CT molecular complexity index is 778. The number of piperazine rings is 1. The molecule has 8 nitrogen and oxygen atoms in total. The molecular weight excluding hydrogens is 368 g/mol. The lowest BCUT2D eigenvalue weighted by Gasteiger charge is -2.39. The van der Waals surface area contributed by atoms with Crippen molar-refractivity contribution in [2.75, 3.05) is 39.3 Å². The van der Waals surface area contributed by atoms with Crippen molar-refractivity contribution in [3.05, 3.63) is 60.2 Å². The summed E-state index contributed by atoms with van der Waals surface area (Å²) in [5.74, 6) is -1.27. The van der Waals surface area contributed by atoms with Gasteiger partial charge in [0.25, 0.3) is 0 Å². The summed E-state index contributed by atoms with van der Waals surface area (Å²) in [5.41, 5.74) is 1.88. The van der Waals surface area contributed by atoms with E-state index in [1.165, 1.54) is 0 Å². The molecule has 1 aliphatic heterocycles. The molecule has 2 aromatic rings. The molecule has 0 radical (unpaired) electrons. The molecule has 2 N–H and O–H groups in total. The first kappa shape index (κ1) is 20.9. The smallest absolute Gasteiger partial charge is 0.309 e. The molecular formula is C21H28N6O2. The third kappa shape index (κ3) is 6.07. The van der Waals surface area contributed by atoms with Gasteiger partial charge in [-0.25, -0.2) is 0 Å². The third-order valence-corrected chi connectivity index (χ3v) is 5.20. The van der Waals surface area contributed by atoms with E-state index in [1.807, 2.05) is 24.4 Å². The van der Waals surface area contributed by atoms with Gasteiger partial charge in [0.05, 0.1) is 6.04 Å². The van der Waals surface area contributed by atoms with E-state index in [4.69, 9.17) is 0 Å². The van der Waals surface area contributed by atoms with Gasteiger partial charge < -0.3 is 15.5 Å². The fourth-order valence-corrected chi connectivity index (χ4v) is 3.46. The molecule has 2 amide bonds. The minimum Gasteiger partial charge on any atom is -0.346 e. The molecule has 0 aliphatic carbocycles. The summed E-state index contributed by atoms with van der Waals surface area (Å²) >= 11 is 0. The average Bonchev–Trinajstić information content (AvgIpc) is 2.79. The molecule has 3 rings (SSSR count). The van der Waals surface area contributed by atoms with E-state index in [0.717, 1.165) is 43.9 Å². The van der Waals surface area contributed by atoms with Crippen LogP contribution >= 0.6 is 0 Å². The molecule has 3 heterocycles. The second-order valence-electron chi connectivity index (χ2n) is 7.03. The van der Waals surface area contributed by atoms with Crippen LogP contribution in [0, 0.1) is 0 Å². The highest BCUT2D eigenvalue weighted by Crippen LogP contribution is 2.21. The van der Waals surface area contributed by atoms with Gasteiger partial charge in [0.2, 0.25) is 0 Å². The normalized spacial score (nSPS) is 16.2. The minimum atomic E-state index is -0.644. The Kier molecular flexibility index (Phi) is 7.66. The van der Waals surface area contributed by atoms with E-state index >= 15 is 0 Å². The summed E-state index contributed by atoms with van der Waals surface area (Å²) in [5, 5.41) is 5.42. The molecule has 2 aromatic heterocycles. The molecule has 154 valence electrons. The van der Waals surface area contributed by atoms with E-state index in [1.54, 1.807) is 24.7 Å². The monoisotopic (exact) mass is 396 g/mol. The number of hydrogen-bond acceptors (Lipinski definition) is 6. The lowest BCUT2D eigenvalue weighted by Crippen LogP contribution is -2.50. The molecule has 1 atom stereocenters. The second kappa shape index (κ2) is 10.6. The van der Waals surface area contributed by atoms with Crippen LogP contribution in [0.25, 0.3) is 0 Å². The molecule has 1 saturated heterocycles. The van der Waals surface area contributed by atoms with Gasteiger partial charge in [-0.3, -0.25) is 24.5 Å². The van der Waals surface area contributed by atoms with Gasteiger partial charge in [-0.05, 0) is 29.8 Å². The number of rotatable bonds is 7. The molecule has 0 bridgehead atoms. The Morgan fingerprint density at radius 3 is 2.31 bits per heavy atom. The molecule has 0 spiro atoms. The van der Waals surface area contributed by atoms with Crippen LogP contribution in [0.1, 0.15) is 24.1 Å². The van der Waals surface area contributed by atoms with Crippen molar-refractivity contribution in [1.29, 1.82) is 0 Å². The predicted molar refractivity (Wildman–Crippen MR) is 110 cm³/mol. The van der Waals surface area contributed by atoms with Gasteiger partial charge in [-0.1, -0.05) is 19.1 Å². The number of nitrogens with zero attached hydrogens (tertiary/aromatic N) is 4. The highest BCUT2D eigenvalue weighted by Gasteiger charge is 2.26. The van der Waals surface area contributed by atoms with Gasteiger partial charge in [-0.2, -0.15) is 0 Å². The molecule has 0 saturated carbocycles. The maximum Gasteiger partial charge on any atom is 0.309 e. The average molecular weight is 396 g/mol. The summed E-state index contributed by atoms with van der Waals surface area (Å²) in [6.45, 7) is 7.65. The number of hydrogen-bond donors (Lipinski definition) is 2. The van der Waals surface area contributed by atoms with E-state index < -0.39 is 11.8 Å². The lowest BCUT2D eigenvalue weighted by atomic mass is 10.1. The first-order chi connectivity index (χ1) is 14.2. The number of carbonyl (C=O) groups is 2. The van der Waals surface area contributed by atoms with Crippen molar-refractivity contribution in [1.82, 2.24) is 30.4 Å². The Labute approximate surface area is 171 Å². The topological polar surface area (TPSA) is 90.5 Å². The maximum absolute atomic E-state index is 12.3. The molecule has 8 heteroatoms. The van der Waals surface area contributed by atoms with Crippen molar-refractivity contribution in [3.8, 4) is 0 Å². The fraction of sp³-hybridized carbons (Fsp3) is 0.429. The largest absolute Gasteiger partial charge is 0.346 e. The lowest BCUT2D eigenvalue weighted by molar-refractivity contribution is -0.139. The molecule has 1 aliphatic rings. The summed E-state index contributed by atoms with van der Waals surface area (Å²) in [4.78, 5) is 37.4. The summed E-state index contributed by atoms with van der Waals surface area (Å²) < 4.78 is 0. The zero-order valence-corrected chi connectivity index (χ0v) is 16.8. The molecule has 29 heavy (non-hydrogen) atoms. The molecule has 0 aromatic carbocycles. The van der Waals surface area contributed by atoms with Crippen LogP contribution in [0.4, 0.5) is 0 Å². The highest BCUT2D eigenvalue weighted by atomic mass is 16.2. The van der Waals surface area contributed by atoms with Crippen LogP contribution in [0.5, 0.6) is 0 Å². The summed E-state index contributed by atoms with van der Waals surface area (Å²) in [7, 11) is 0. The van der Waals surface area contributed by atoms with Gasteiger partial charge in [0.1, 0.15) is 0 Å².